The Kier molecular flexibility index (Phi) is 9.01. The summed E-state index contributed by atoms with van der Waals surface area (Å²) in [5, 5.41) is 24.6. The number of carboxylic acids is 1. The first-order chi connectivity index (χ1) is 17.0. The van der Waals surface area contributed by atoms with Crippen LogP contribution in [0.25, 0.3) is 22.4 Å². The fourth-order valence-corrected chi connectivity index (χ4v) is 5.68. The van der Waals surface area contributed by atoms with Crippen LogP contribution in [0, 0.1) is 18.8 Å². The highest BCUT2D eigenvalue weighted by molar-refractivity contribution is 7.99. The van der Waals surface area contributed by atoms with E-state index < -0.39 is 5.97 Å². The van der Waals surface area contributed by atoms with E-state index in [4.69, 9.17) is 14.9 Å². The Morgan fingerprint density at radius 2 is 1.71 bits per heavy atom. The van der Waals surface area contributed by atoms with Crippen LogP contribution in [0.2, 0.25) is 0 Å². The van der Waals surface area contributed by atoms with Gasteiger partial charge in [-0.15, -0.1) is 11.8 Å². The molecule has 0 saturated heterocycles. The number of aliphatic hydroxyl groups excluding tert-OH is 1. The van der Waals surface area contributed by atoms with E-state index in [0.717, 1.165) is 59.6 Å². The average Bonchev–Trinajstić information content (AvgIpc) is 3.22. The van der Waals surface area contributed by atoms with Crippen LogP contribution >= 0.6 is 11.8 Å². The van der Waals surface area contributed by atoms with Crippen molar-refractivity contribution in [3.05, 3.63) is 60.2 Å². The van der Waals surface area contributed by atoms with Gasteiger partial charge in [0, 0.05) is 23.4 Å². The van der Waals surface area contributed by atoms with Crippen LogP contribution in [0.5, 0.6) is 0 Å². The summed E-state index contributed by atoms with van der Waals surface area (Å²) in [5.41, 5.74) is 5.55. The molecule has 0 radical (unpaired) electrons. The third kappa shape index (κ3) is 6.75. The molecule has 0 aliphatic heterocycles. The van der Waals surface area contributed by atoms with Crippen LogP contribution in [0.15, 0.2) is 59.6 Å². The molecule has 35 heavy (non-hydrogen) atoms. The number of hydrogen-bond donors (Lipinski definition) is 2. The lowest BCUT2D eigenvalue weighted by Crippen LogP contribution is -2.23. The number of ether oxygens (including phenoxy) is 1. The maximum absolute atomic E-state index is 10.7. The number of benzene rings is 2. The van der Waals surface area contributed by atoms with Gasteiger partial charge in [-0.25, -0.2) is 4.79 Å². The van der Waals surface area contributed by atoms with E-state index in [1.165, 1.54) is 5.56 Å². The van der Waals surface area contributed by atoms with E-state index in [9.17, 15) is 9.90 Å². The summed E-state index contributed by atoms with van der Waals surface area (Å²) < 4.78 is 7.49. The van der Waals surface area contributed by atoms with E-state index in [1.807, 2.05) is 6.07 Å². The molecule has 7 heteroatoms. The molecular weight excluding hydrogens is 460 g/mol. The number of thioether (sulfide) groups is 1. The maximum Gasteiger partial charge on any atom is 0.329 e. The van der Waals surface area contributed by atoms with Gasteiger partial charge >= 0.3 is 5.97 Å². The van der Waals surface area contributed by atoms with E-state index >= 15 is 0 Å². The normalized spacial score (nSPS) is 18.0. The topological polar surface area (TPSA) is 84.6 Å². The molecule has 186 valence electrons. The molecule has 1 aliphatic carbocycles. The van der Waals surface area contributed by atoms with Crippen molar-refractivity contribution in [2.24, 2.45) is 11.8 Å². The highest BCUT2D eigenvalue weighted by atomic mass is 32.2. The second kappa shape index (κ2) is 12.4. The highest BCUT2D eigenvalue weighted by Gasteiger charge is 2.26. The number of aliphatic hydroxyl groups is 1. The third-order valence-corrected chi connectivity index (χ3v) is 7.67. The predicted octanol–water partition coefficient (Wildman–Crippen LogP) is 5.52. The third-order valence-electron chi connectivity index (χ3n) is 6.60. The Morgan fingerprint density at radius 1 is 1.03 bits per heavy atom. The number of hydrogen-bond acceptors (Lipinski definition) is 5. The quantitative estimate of drug-likeness (QED) is 0.342. The lowest BCUT2D eigenvalue weighted by molar-refractivity contribution is -0.142. The Bertz CT molecular complexity index is 1090. The Labute approximate surface area is 211 Å². The Hall–Kier alpha value is -2.61. The SMILES string of the molecule is Cc1ccc(-c2nn(C[C@H]3CC[C@H](COCC(=O)O)CC3)c(SCCO)c2-c2ccccc2)cc1. The number of carbonyl (C=O) groups is 1. The van der Waals surface area contributed by atoms with Gasteiger partial charge in [0.15, 0.2) is 0 Å². The van der Waals surface area contributed by atoms with Crippen molar-refractivity contribution in [1.82, 2.24) is 9.78 Å². The number of nitrogens with zero attached hydrogens (tertiary/aromatic N) is 2. The van der Waals surface area contributed by atoms with E-state index in [2.05, 4.69) is 60.1 Å². The molecule has 6 nitrogen and oxygen atoms in total. The monoisotopic (exact) mass is 494 g/mol. The zero-order chi connectivity index (χ0) is 24.6. The van der Waals surface area contributed by atoms with Gasteiger partial charge in [-0.05, 0) is 50.0 Å². The van der Waals surface area contributed by atoms with Crippen LogP contribution < -0.4 is 0 Å². The molecule has 3 aromatic rings. The molecule has 1 aromatic heterocycles. The smallest absolute Gasteiger partial charge is 0.329 e. The lowest BCUT2D eigenvalue weighted by atomic mass is 9.82. The van der Waals surface area contributed by atoms with Crippen molar-refractivity contribution < 1.29 is 19.7 Å². The second-order valence-corrected chi connectivity index (χ2v) is 10.4. The van der Waals surface area contributed by atoms with Crippen molar-refractivity contribution in [3.63, 3.8) is 0 Å². The number of aryl methyl sites for hydroxylation is 1. The van der Waals surface area contributed by atoms with Crippen molar-refractivity contribution in [3.8, 4) is 22.4 Å². The fraction of sp³-hybridized carbons (Fsp3) is 0.429. The summed E-state index contributed by atoms with van der Waals surface area (Å²) >= 11 is 1.66. The summed E-state index contributed by atoms with van der Waals surface area (Å²) in [6, 6.07) is 18.9. The van der Waals surface area contributed by atoms with Crippen molar-refractivity contribution in [2.75, 3.05) is 25.6 Å². The minimum Gasteiger partial charge on any atom is -0.480 e. The summed E-state index contributed by atoms with van der Waals surface area (Å²) in [7, 11) is 0. The zero-order valence-corrected chi connectivity index (χ0v) is 21.0. The molecular formula is C28H34N2O4S. The largest absolute Gasteiger partial charge is 0.480 e. The molecule has 0 bridgehead atoms. The minimum absolute atomic E-state index is 0.116. The van der Waals surface area contributed by atoms with Gasteiger partial charge in [0.05, 0.1) is 13.2 Å². The number of carboxylic acid groups (broad SMARTS) is 1. The second-order valence-electron chi connectivity index (χ2n) is 9.31. The minimum atomic E-state index is -0.913. The molecule has 1 aliphatic rings. The molecule has 0 unspecified atom stereocenters. The molecule has 1 fully saturated rings. The van der Waals surface area contributed by atoms with Crippen LogP contribution in [0.1, 0.15) is 31.2 Å². The molecule has 2 N–H and O–H groups in total. The van der Waals surface area contributed by atoms with E-state index in [1.54, 1.807) is 11.8 Å². The van der Waals surface area contributed by atoms with Gasteiger partial charge < -0.3 is 14.9 Å². The van der Waals surface area contributed by atoms with Gasteiger partial charge in [-0.1, -0.05) is 60.2 Å². The van der Waals surface area contributed by atoms with Gasteiger partial charge in [0.2, 0.25) is 0 Å². The molecule has 0 atom stereocenters. The van der Waals surface area contributed by atoms with Crippen LogP contribution in [0.4, 0.5) is 0 Å². The summed E-state index contributed by atoms with van der Waals surface area (Å²) in [6.07, 6.45) is 4.24. The van der Waals surface area contributed by atoms with Crippen molar-refractivity contribution in [2.45, 2.75) is 44.2 Å². The van der Waals surface area contributed by atoms with Gasteiger partial charge in [0.25, 0.3) is 0 Å². The average molecular weight is 495 g/mol. The first-order valence-electron chi connectivity index (χ1n) is 12.3. The summed E-state index contributed by atoms with van der Waals surface area (Å²) in [4.78, 5) is 10.7. The zero-order valence-electron chi connectivity index (χ0n) is 20.2. The number of aromatic nitrogens is 2. The maximum atomic E-state index is 10.7. The molecule has 1 heterocycles. The van der Waals surface area contributed by atoms with Gasteiger partial charge in [-0.2, -0.15) is 5.10 Å². The van der Waals surface area contributed by atoms with E-state index in [-0.39, 0.29) is 13.2 Å². The summed E-state index contributed by atoms with van der Waals surface area (Å²) in [5.74, 6) is 0.638. The summed E-state index contributed by atoms with van der Waals surface area (Å²) in [6.45, 7) is 3.34. The predicted molar refractivity (Wildman–Crippen MR) is 140 cm³/mol. The van der Waals surface area contributed by atoms with Crippen LogP contribution in [-0.2, 0) is 16.1 Å². The molecule has 0 amide bonds. The highest BCUT2D eigenvalue weighted by Crippen LogP contribution is 2.41. The fourth-order valence-electron chi connectivity index (χ4n) is 4.78. The Morgan fingerprint density at radius 3 is 2.37 bits per heavy atom. The van der Waals surface area contributed by atoms with Gasteiger partial charge in [-0.3, -0.25) is 4.68 Å². The number of rotatable bonds is 11. The van der Waals surface area contributed by atoms with Crippen molar-refractivity contribution in [1.29, 1.82) is 0 Å². The molecule has 4 rings (SSSR count). The first-order valence-corrected chi connectivity index (χ1v) is 13.3. The first kappa shape index (κ1) is 25.5. The van der Waals surface area contributed by atoms with Crippen LogP contribution in [0.3, 0.4) is 0 Å². The standard InChI is InChI=1S/C28H34N2O4S/c1-20-7-13-24(14-8-20)27-26(23-5-3-2-4-6-23)28(35-16-15-31)30(29-27)17-21-9-11-22(12-10-21)18-34-19-25(32)33/h2-8,13-14,21-22,31H,9-12,15-19H2,1H3,(H,32,33)/t21-,22-. The molecule has 0 spiro atoms. The van der Waals surface area contributed by atoms with Crippen LogP contribution in [-0.4, -0.2) is 51.5 Å². The van der Waals surface area contributed by atoms with Gasteiger partial charge in [0.1, 0.15) is 17.3 Å². The molecule has 1 saturated carbocycles. The molecule has 2 aromatic carbocycles. The van der Waals surface area contributed by atoms with Crippen molar-refractivity contribution >= 4 is 17.7 Å². The lowest BCUT2D eigenvalue weighted by Gasteiger charge is -2.28. The Balaban J connectivity index is 1.59. The van der Waals surface area contributed by atoms with E-state index in [0.29, 0.717) is 24.2 Å². The number of aliphatic carboxylic acids is 1.